The molecule has 19 heavy (non-hydrogen) atoms. The minimum atomic E-state index is -0.313. The molecule has 0 saturated carbocycles. The molecule has 1 aromatic heterocycles. The number of alkyl halides is 1. The first-order valence-corrected chi connectivity index (χ1v) is 6.54. The second-order valence-electron chi connectivity index (χ2n) is 3.63. The van der Waals surface area contributed by atoms with E-state index < -0.39 is 0 Å². The van der Waals surface area contributed by atoms with Crippen LogP contribution >= 0.6 is 34.8 Å². The molecule has 0 unspecified atom stereocenters. The number of rotatable bonds is 3. The van der Waals surface area contributed by atoms with Gasteiger partial charge in [-0.15, -0.1) is 11.6 Å². The molecule has 1 aromatic carbocycles. The van der Waals surface area contributed by atoms with Gasteiger partial charge in [0.1, 0.15) is 11.0 Å². The van der Waals surface area contributed by atoms with Crippen LogP contribution in [0.15, 0.2) is 30.3 Å². The number of hydrogen-bond donors (Lipinski definition) is 1. The predicted octanol–water partition coefficient (Wildman–Crippen LogP) is 3.77. The minimum absolute atomic E-state index is 0.0275. The average molecular weight is 317 g/mol. The molecule has 1 amide bonds. The number of carbonyl (C=O) groups is 1. The van der Waals surface area contributed by atoms with Crippen LogP contribution in [0.25, 0.3) is 0 Å². The van der Waals surface area contributed by atoms with E-state index in [0.29, 0.717) is 11.4 Å². The van der Waals surface area contributed by atoms with Gasteiger partial charge in [0, 0.05) is 17.5 Å². The number of halogens is 3. The molecule has 98 valence electrons. The fourth-order valence-electron chi connectivity index (χ4n) is 1.39. The largest absolute Gasteiger partial charge is 0.306 e. The van der Waals surface area contributed by atoms with Crippen molar-refractivity contribution in [3.8, 4) is 0 Å². The summed E-state index contributed by atoms with van der Waals surface area (Å²) in [6.07, 6.45) is 0. The summed E-state index contributed by atoms with van der Waals surface area (Å²) in [6.45, 7) is 0. The highest BCUT2D eigenvalue weighted by atomic mass is 35.5. The van der Waals surface area contributed by atoms with E-state index in [-0.39, 0.29) is 22.2 Å². The van der Waals surface area contributed by atoms with Crippen molar-refractivity contribution in [3.05, 3.63) is 51.9 Å². The van der Waals surface area contributed by atoms with Crippen LogP contribution < -0.4 is 5.32 Å². The molecule has 0 atom stereocenters. The van der Waals surface area contributed by atoms with Crippen molar-refractivity contribution in [1.29, 1.82) is 0 Å². The number of aromatic nitrogens is 2. The Morgan fingerprint density at radius 3 is 2.42 bits per heavy atom. The van der Waals surface area contributed by atoms with Gasteiger partial charge in [-0.1, -0.05) is 23.7 Å². The van der Waals surface area contributed by atoms with Crippen LogP contribution in [0.2, 0.25) is 10.4 Å². The summed E-state index contributed by atoms with van der Waals surface area (Å²) in [5.41, 5.74) is 1.42. The summed E-state index contributed by atoms with van der Waals surface area (Å²) in [5, 5.41) is 2.72. The zero-order valence-electron chi connectivity index (χ0n) is 9.53. The Morgan fingerprint density at radius 1 is 1.16 bits per heavy atom. The molecule has 0 radical (unpaired) electrons. The summed E-state index contributed by atoms with van der Waals surface area (Å²) >= 11 is 17.0. The Morgan fingerprint density at radius 2 is 1.84 bits per heavy atom. The lowest BCUT2D eigenvalue weighted by Gasteiger charge is -2.05. The van der Waals surface area contributed by atoms with Crippen molar-refractivity contribution < 1.29 is 4.79 Å². The summed E-state index contributed by atoms with van der Waals surface area (Å²) < 4.78 is 0. The minimum Gasteiger partial charge on any atom is -0.306 e. The Labute approximate surface area is 124 Å². The SMILES string of the molecule is O=C(Nc1cc(Cl)nc(Cl)n1)c1ccc(CCl)cc1. The third kappa shape index (κ3) is 3.80. The molecule has 0 fully saturated rings. The van der Waals surface area contributed by atoms with Gasteiger partial charge in [0.05, 0.1) is 0 Å². The first-order chi connectivity index (χ1) is 9.08. The molecule has 0 saturated heterocycles. The van der Waals surface area contributed by atoms with Gasteiger partial charge < -0.3 is 5.32 Å². The van der Waals surface area contributed by atoms with Crippen LogP contribution in [-0.4, -0.2) is 15.9 Å². The number of nitrogens with zero attached hydrogens (tertiary/aromatic N) is 2. The molecule has 7 heteroatoms. The van der Waals surface area contributed by atoms with Crippen molar-refractivity contribution in [2.75, 3.05) is 5.32 Å². The number of amides is 1. The normalized spacial score (nSPS) is 10.3. The van der Waals surface area contributed by atoms with E-state index in [0.717, 1.165) is 5.56 Å². The van der Waals surface area contributed by atoms with Gasteiger partial charge in [-0.2, -0.15) is 0 Å². The quantitative estimate of drug-likeness (QED) is 0.533. The third-order valence-corrected chi connectivity index (χ3v) is 2.95. The lowest BCUT2D eigenvalue weighted by Crippen LogP contribution is -2.13. The highest BCUT2D eigenvalue weighted by Gasteiger charge is 2.08. The fraction of sp³-hybridized carbons (Fsp3) is 0.0833. The molecule has 4 nitrogen and oxygen atoms in total. The number of anilines is 1. The summed E-state index contributed by atoms with van der Waals surface area (Å²) in [4.78, 5) is 19.5. The molecule has 1 heterocycles. The molecule has 0 aliphatic carbocycles. The highest BCUT2D eigenvalue weighted by Crippen LogP contribution is 2.15. The van der Waals surface area contributed by atoms with E-state index in [1.807, 2.05) is 0 Å². The molecule has 2 aromatic rings. The van der Waals surface area contributed by atoms with E-state index in [1.165, 1.54) is 6.07 Å². The van der Waals surface area contributed by atoms with Gasteiger partial charge in [-0.3, -0.25) is 4.79 Å². The van der Waals surface area contributed by atoms with Crippen LogP contribution in [0, 0.1) is 0 Å². The van der Waals surface area contributed by atoms with E-state index in [1.54, 1.807) is 24.3 Å². The lowest BCUT2D eigenvalue weighted by atomic mass is 10.1. The summed E-state index contributed by atoms with van der Waals surface area (Å²) in [7, 11) is 0. The Kier molecular flexibility index (Phi) is 4.58. The topological polar surface area (TPSA) is 54.9 Å². The van der Waals surface area contributed by atoms with Crippen molar-refractivity contribution in [2.24, 2.45) is 0 Å². The number of carbonyl (C=O) groups excluding carboxylic acids is 1. The second kappa shape index (κ2) is 6.19. The molecule has 0 aliphatic heterocycles. The number of benzene rings is 1. The van der Waals surface area contributed by atoms with Crippen molar-refractivity contribution in [2.45, 2.75) is 5.88 Å². The summed E-state index contributed by atoms with van der Waals surface area (Å²) in [6, 6.07) is 8.33. The Hall–Kier alpha value is -1.36. The average Bonchev–Trinajstić information content (AvgIpc) is 2.37. The van der Waals surface area contributed by atoms with Crippen molar-refractivity contribution in [3.63, 3.8) is 0 Å². The second-order valence-corrected chi connectivity index (χ2v) is 4.62. The van der Waals surface area contributed by atoms with Crippen molar-refractivity contribution >= 4 is 46.5 Å². The number of nitrogens with one attached hydrogen (secondary N) is 1. The third-order valence-electron chi connectivity index (χ3n) is 2.28. The van der Waals surface area contributed by atoms with Crippen molar-refractivity contribution in [1.82, 2.24) is 9.97 Å². The van der Waals surface area contributed by atoms with E-state index >= 15 is 0 Å². The van der Waals surface area contributed by atoms with Gasteiger partial charge >= 0.3 is 0 Å². The molecular formula is C12H8Cl3N3O. The molecule has 0 spiro atoms. The van der Waals surface area contributed by atoms with Crippen LogP contribution in [-0.2, 0) is 5.88 Å². The first kappa shape index (κ1) is 14.1. The maximum Gasteiger partial charge on any atom is 0.256 e. The lowest BCUT2D eigenvalue weighted by molar-refractivity contribution is 0.102. The smallest absolute Gasteiger partial charge is 0.256 e. The predicted molar refractivity (Wildman–Crippen MR) is 76.0 cm³/mol. The maximum absolute atomic E-state index is 11.9. The van der Waals surface area contributed by atoms with Crippen LogP contribution in [0.1, 0.15) is 15.9 Å². The van der Waals surface area contributed by atoms with Crippen LogP contribution in [0.3, 0.4) is 0 Å². The zero-order chi connectivity index (χ0) is 13.8. The van der Waals surface area contributed by atoms with Gasteiger partial charge in [0.15, 0.2) is 0 Å². The Balaban J connectivity index is 2.15. The van der Waals surface area contributed by atoms with Gasteiger partial charge in [-0.25, -0.2) is 9.97 Å². The molecule has 2 rings (SSSR count). The summed E-state index contributed by atoms with van der Waals surface area (Å²) in [5.74, 6) is 0.335. The fourth-order valence-corrected chi connectivity index (χ4v) is 1.97. The standard InChI is InChI=1S/C12H8Cl3N3O/c13-6-7-1-3-8(4-2-7)11(19)17-10-5-9(14)16-12(15)18-10/h1-5H,6H2,(H,16,17,18,19). The van der Waals surface area contributed by atoms with Gasteiger partial charge in [0.25, 0.3) is 5.91 Å². The molecule has 1 N–H and O–H groups in total. The Bertz CT molecular complexity index is 581. The highest BCUT2D eigenvalue weighted by molar-refractivity contribution is 6.32. The molecule has 0 bridgehead atoms. The molecule has 0 aliphatic rings. The van der Waals surface area contributed by atoms with Crippen LogP contribution in [0.4, 0.5) is 5.82 Å². The maximum atomic E-state index is 11.9. The van der Waals surface area contributed by atoms with Gasteiger partial charge in [-0.05, 0) is 29.3 Å². The zero-order valence-corrected chi connectivity index (χ0v) is 11.8. The monoisotopic (exact) mass is 315 g/mol. The van der Waals surface area contributed by atoms with Crippen LogP contribution in [0.5, 0.6) is 0 Å². The first-order valence-electron chi connectivity index (χ1n) is 5.25. The van der Waals surface area contributed by atoms with Gasteiger partial charge in [0.2, 0.25) is 5.28 Å². The number of hydrogen-bond acceptors (Lipinski definition) is 3. The van der Waals surface area contributed by atoms with E-state index in [9.17, 15) is 4.79 Å². The molecular weight excluding hydrogens is 309 g/mol. The van der Waals surface area contributed by atoms with E-state index in [2.05, 4.69) is 15.3 Å². The van der Waals surface area contributed by atoms with E-state index in [4.69, 9.17) is 34.8 Å².